The summed E-state index contributed by atoms with van der Waals surface area (Å²) in [5.74, 6) is 1.39. The van der Waals surface area contributed by atoms with Gasteiger partial charge >= 0.3 is 0 Å². The average Bonchev–Trinajstić information content (AvgIpc) is 3.28. The van der Waals surface area contributed by atoms with Crippen molar-refractivity contribution in [1.82, 2.24) is 10.6 Å². The number of anilines is 1. The van der Waals surface area contributed by atoms with Gasteiger partial charge in [-0.15, -0.1) is 0 Å². The molecule has 2 N–H and O–H groups in total. The minimum absolute atomic E-state index is 0.0253. The molecule has 0 radical (unpaired) electrons. The van der Waals surface area contributed by atoms with Gasteiger partial charge in [-0.05, 0) is 69.3 Å². The second-order valence-electron chi connectivity index (χ2n) is 7.82. The van der Waals surface area contributed by atoms with Crippen LogP contribution in [0.15, 0.2) is 41.0 Å². The molecular weight excluding hydrogens is 338 g/mol. The van der Waals surface area contributed by atoms with Crippen molar-refractivity contribution in [3.05, 3.63) is 53.5 Å². The van der Waals surface area contributed by atoms with Gasteiger partial charge in [0.1, 0.15) is 5.76 Å². The topological polar surface area (TPSA) is 57.5 Å². The maximum absolute atomic E-state index is 12.7. The van der Waals surface area contributed by atoms with Crippen LogP contribution in [-0.4, -0.2) is 31.6 Å². The Labute approximate surface area is 161 Å². The standard InChI is InChI=1S/C22H29N3O2/c1-16-13-18-6-2-3-7-20(18)25(16)15-21-19(9-12-27-21)22(26)24-11-8-17-5-4-10-23-14-17/h2-3,6-7,9,12,16-17,23H,4-5,8,10-11,13-15H2,1H3,(H,24,26). The van der Waals surface area contributed by atoms with Crippen LogP contribution in [0.5, 0.6) is 0 Å². The molecule has 0 bridgehead atoms. The molecule has 0 spiro atoms. The first kappa shape index (κ1) is 18.1. The third kappa shape index (κ3) is 4.03. The van der Waals surface area contributed by atoms with Gasteiger partial charge in [0.15, 0.2) is 0 Å². The lowest BCUT2D eigenvalue weighted by molar-refractivity contribution is 0.0948. The maximum Gasteiger partial charge on any atom is 0.254 e. The molecule has 2 aliphatic heterocycles. The summed E-state index contributed by atoms with van der Waals surface area (Å²) in [7, 11) is 0. The number of hydrogen-bond donors (Lipinski definition) is 2. The van der Waals surface area contributed by atoms with E-state index in [2.05, 4.69) is 46.7 Å². The Balaban J connectivity index is 1.37. The van der Waals surface area contributed by atoms with Crippen LogP contribution in [0.25, 0.3) is 0 Å². The largest absolute Gasteiger partial charge is 0.467 e. The Morgan fingerprint density at radius 3 is 3.07 bits per heavy atom. The molecule has 2 aromatic rings. The van der Waals surface area contributed by atoms with E-state index in [-0.39, 0.29) is 5.91 Å². The number of carbonyl (C=O) groups is 1. The highest BCUT2D eigenvalue weighted by Crippen LogP contribution is 2.33. The van der Waals surface area contributed by atoms with Crippen molar-refractivity contribution in [3.63, 3.8) is 0 Å². The van der Waals surface area contributed by atoms with Gasteiger partial charge in [0.05, 0.1) is 18.4 Å². The molecule has 1 aromatic carbocycles. The van der Waals surface area contributed by atoms with Crippen LogP contribution >= 0.6 is 0 Å². The molecule has 2 atom stereocenters. The Kier molecular flexibility index (Phi) is 5.48. The fraction of sp³-hybridized carbons (Fsp3) is 0.500. The number of carbonyl (C=O) groups excluding carboxylic acids is 1. The van der Waals surface area contributed by atoms with Crippen molar-refractivity contribution in [2.45, 2.75) is 45.2 Å². The van der Waals surface area contributed by atoms with Gasteiger partial charge in [-0.1, -0.05) is 18.2 Å². The van der Waals surface area contributed by atoms with E-state index in [0.29, 0.717) is 24.1 Å². The van der Waals surface area contributed by atoms with Gasteiger partial charge in [-0.25, -0.2) is 0 Å². The number of hydrogen-bond acceptors (Lipinski definition) is 4. The number of nitrogens with zero attached hydrogens (tertiary/aromatic N) is 1. The number of piperidine rings is 1. The van der Waals surface area contributed by atoms with E-state index in [1.807, 2.05) is 0 Å². The molecule has 4 rings (SSSR count). The summed E-state index contributed by atoms with van der Waals surface area (Å²) in [5, 5.41) is 6.51. The smallest absolute Gasteiger partial charge is 0.254 e. The Morgan fingerprint density at radius 2 is 2.22 bits per heavy atom. The van der Waals surface area contributed by atoms with Gasteiger partial charge in [0.2, 0.25) is 0 Å². The van der Waals surface area contributed by atoms with Crippen LogP contribution in [0.4, 0.5) is 5.69 Å². The quantitative estimate of drug-likeness (QED) is 0.822. The van der Waals surface area contributed by atoms with E-state index in [1.165, 1.54) is 24.1 Å². The number of fused-ring (bicyclic) bond motifs is 1. The summed E-state index contributed by atoms with van der Waals surface area (Å²) < 4.78 is 5.69. The number of amides is 1. The first-order valence-electron chi connectivity index (χ1n) is 10.1. The molecule has 1 saturated heterocycles. The van der Waals surface area contributed by atoms with Crippen LogP contribution in [0.3, 0.4) is 0 Å². The second kappa shape index (κ2) is 8.17. The predicted molar refractivity (Wildman–Crippen MR) is 107 cm³/mol. The number of nitrogens with one attached hydrogen (secondary N) is 2. The van der Waals surface area contributed by atoms with E-state index in [0.717, 1.165) is 38.2 Å². The van der Waals surface area contributed by atoms with Crippen LogP contribution in [-0.2, 0) is 13.0 Å². The third-order valence-electron chi connectivity index (χ3n) is 5.89. The molecule has 5 heteroatoms. The highest BCUT2D eigenvalue weighted by Gasteiger charge is 2.28. The lowest BCUT2D eigenvalue weighted by atomic mass is 9.96. The first-order chi connectivity index (χ1) is 13.2. The molecule has 0 saturated carbocycles. The Hall–Kier alpha value is -2.27. The van der Waals surface area contributed by atoms with Crippen molar-refractivity contribution in [1.29, 1.82) is 0 Å². The van der Waals surface area contributed by atoms with E-state index in [9.17, 15) is 4.79 Å². The van der Waals surface area contributed by atoms with E-state index in [1.54, 1.807) is 12.3 Å². The van der Waals surface area contributed by atoms with Crippen LogP contribution in [0.2, 0.25) is 0 Å². The molecule has 0 aliphatic carbocycles. The summed E-state index contributed by atoms with van der Waals surface area (Å²) in [6.07, 6.45) is 6.18. The summed E-state index contributed by atoms with van der Waals surface area (Å²) in [6.45, 7) is 5.76. The van der Waals surface area contributed by atoms with E-state index >= 15 is 0 Å². The third-order valence-corrected chi connectivity index (χ3v) is 5.89. The zero-order valence-electron chi connectivity index (χ0n) is 16.0. The fourth-order valence-electron chi connectivity index (χ4n) is 4.35. The minimum Gasteiger partial charge on any atom is -0.467 e. The summed E-state index contributed by atoms with van der Waals surface area (Å²) in [4.78, 5) is 15.0. The number of benzene rings is 1. The van der Waals surface area contributed by atoms with Crippen molar-refractivity contribution in [2.75, 3.05) is 24.5 Å². The number of para-hydroxylation sites is 1. The maximum atomic E-state index is 12.7. The van der Waals surface area contributed by atoms with Crippen molar-refractivity contribution in [3.8, 4) is 0 Å². The van der Waals surface area contributed by atoms with Gasteiger partial charge in [-0.3, -0.25) is 4.79 Å². The normalized spacial score (nSPS) is 21.9. The monoisotopic (exact) mass is 367 g/mol. The molecule has 27 heavy (non-hydrogen) atoms. The summed E-state index contributed by atoms with van der Waals surface area (Å²) in [5.41, 5.74) is 3.27. The molecule has 3 heterocycles. The van der Waals surface area contributed by atoms with Crippen LogP contribution in [0, 0.1) is 5.92 Å². The van der Waals surface area contributed by atoms with Crippen molar-refractivity contribution in [2.24, 2.45) is 5.92 Å². The van der Waals surface area contributed by atoms with Gasteiger partial charge in [0.25, 0.3) is 5.91 Å². The molecule has 5 nitrogen and oxygen atoms in total. The highest BCUT2D eigenvalue weighted by molar-refractivity contribution is 5.95. The number of rotatable bonds is 6. The predicted octanol–water partition coefficient (Wildman–Crippen LogP) is 3.35. The SMILES string of the molecule is CC1Cc2ccccc2N1Cc1occc1C(=O)NCCC1CCCNC1. The molecule has 1 aromatic heterocycles. The Morgan fingerprint density at radius 1 is 1.33 bits per heavy atom. The van der Waals surface area contributed by atoms with E-state index < -0.39 is 0 Å². The fourth-order valence-corrected chi connectivity index (χ4v) is 4.35. The molecule has 144 valence electrons. The molecule has 2 unspecified atom stereocenters. The van der Waals surface area contributed by atoms with E-state index in [4.69, 9.17) is 4.42 Å². The van der Waals surface area contributed by atoms with Gasteiger partial charge in [0, 0.05) is 18.3 Å². The van der Waals surface area contributed by atoms with Crippen molar-refractivity contribution >= 4 is 11.6 Å². The summed E-state index contributed by atoms with van der Waals surface area (Å²) in [6, 6.07) is 10.7. The zero-order valence-corrected chi connectivity index (χ0v) is 16.0. The van der Waals surface area contributed by atoms with Gasteiger partial charge < -0.3 is 20.0 Å². The van der Waals surface area contributed by atoms with Crippen LogP contribution in [0.1, 0.15) is 47.9 Å². The number of furan rings is 1. The van der Waals surface area contributed by atoms with Crippen LogP contribution < -0.4 is 15.5 Å². The zero-order chi connectivity index (χ0) is 18.6. The summed E-state index contributed by atoms with van der Waals surface area (Å²) >= 11 is 0. The highest BCUT2D eigenvalue weighted by atomic mass is 16.3. The lowest BCUT2D eigenvalue weighted by Crippen LogP contribution is -2.33. The second-order valence-corrected chi connectivity index (χ2v) is 7.82. The van der Waals surface area contributed by atoms with Crippen molar-refractivity contribution < 1.29 is 9.21 Å². The molecule has 2 aliphatic rings. The molecule has 1 amide bonds. The molecular formula is C22H29N3O2. The Bertz CT molecular complexity index is 779. The first-order valence-corrected chi connectivity index (χ1v) is 10.1. The lowest BCUT2D eigenvalue weighted by Gasteiger charge is -2.24. The molecule has 1 fully saturated rings. The minimum atomic E-state index is -0.0253. The van der Waals surface area contributed by atoms with Gasteiger partial charge in [-0.2, -0.15) is 0 Å². The average molecular weight is 367 g/mol.